The molecule has 3 rings (SSSR count). The number of nitrogens with one attached hydrogen (secondary N) is 1. The Bertz CT molecular complexity index is 649. The average Bonchev–Trinajstić information content (AvgIpc) is 2.90. The Morgan fingerprint density at radius 3 is 2.13 bits per heavy atom. The van der Waals surface area contributed by atoms with Gasteiger partial charge in [-0.1, -0.05) is 72.3 Å². The largest absolute Gasteiger partial charge is 0.305 e. The van der Waals surface area contributed by atoms with E-state index < -0.39 is 0 Å². The van der Waals surface area contributed by atoms with Crippen molar-refractivity contribution < 1.29 is 0 Å². The molecule has 0 bridgehead atoms. The Balaban J connectivity index is 1.92. The first-order valence-corrected chi connectivity index (χ1v) is 8.61. The highest BCUT2D eigenvalue weighted by Crippen LogP contribution is 2.40. The van der Waals surface area contributed by atoms with Crippen LogP contribution in [0.3, 0.4) is 0 Å². The predicted octanol–water partition coefficient (Wildman–Crippen LogP) is 5.40. The molecule has 2 atom stereocenters. The van der Waals surface area contributed by atoms with Crippen molar-refractivity contribution in [3.05, 3.63) is 77.4 Å². The summed E-state index contributed by atoms with van der Waals surface area (Å²) >= 11 is 0. The molecule has 1 aliphatic carbocycles. The van der Waals surface area contributed by atoms with Gasteiger partial charge < -0.3 is 5.32 Å². The summed E-state index contributed by atoms with van der Waals surface area (Å²) in [5.74, 6) is 0.561. The molecule has 1 fully saturated rings. The van der Waals surface area contributed by atoms with Crippen molar-refractivity contribution in [2.24, 2.45) is 0 Å². The van der Waals surface area contributed by atoms with Crippen LogP contribution in [0.15, 0.2) is 66.2 Å². The van der Waals surface area contributed by atoms with Gasteiger partial charge in [0.25, 0.3) is 0 Å². The van der Waals surface area contributed by atoms with E-state index >= 15 is 0 Å². The molecule has 0 aromatic heterocycles. The smallest absolute Gasteiger partial charge is 0.0356 e. The van der Waals surface area contributed by atoms with Crippen LogP contribution in [-0.2, 0) is 0 Å². The van der Waals surface area contributed by atoms with Crippen molar-refractivity contribution in [2.75, 3.05) is 0 Å². The Kier molecular flexibility index (Phi) is 4.68. The summed E-state index contributed by atoms with van der Waals surface area (Å²) in [5, 5.41) is 3.87. The molecular weight excluding hydrogens is 278 g/mol. The molecule has 0 unspecified atom stereocenters. The van der Waals surface area contributed by atoms with Crippen LogP contribution in [0, 0.1) is 0 Å². The monoisotopic (exact) mass is 305 g/mol. The third kappa shape index (κ3) is 4.11. The maximum absolute atomic E-state index is 3.87. The van der Waals surface area contributed by atoms with Crippen LogP contribution >= 0.6 is 0 Å². The van der Waals surface area contributed by atoms with Crippen molar-refractivity contribution in [3.63, 3.8) is 0 Å². The third-order valence-electron chi connectivity index (χ3n) is 4.51. The first-order valence-electron chi connectivity index (χ1n) is 8.61. The van der Waals surface area contributed by atoms with Gasteiger partial charge in [0.05, 0.1) is 0 Å². The quantitative estimate of drug-likeness (QED) is 0.800. The van der Waals surface area contributed by atoms with Gasteiger partial charge in [0, 0.05) is 17.5 Å². The van der Waals surface area contributed by atoms with Gasteiger partial charge in [-0.15, -0.1) is 0 Å². The van der Waals surface area contributed by atoms with Gasteiger partial charge in [-0.2, -0.15) is 0 Å². The molecule has 0 spiro atoms. The SMILES string of the molecule is CC(C)(C)N[C@@H]1/C(=C/c2ccccc2)CC[C@H]1c1ccccc1. The van der Waals surface area contributed by atoms with Gasteiger partial charge in [0.2, 0.25) is 0 Å². The Hall–Kier alpha value is -1.86. The summed E-state index contributed by atoms with van der Waals surface area (Å²) in [7, 11) is 0. The maximum atomic E-state index is 3.87. The molecule has 1 aliphatic rings. The minimum absolute atomic E-state index is 0.109. The van der Waals surface area contributed by atoms with Crippen molar-refractivity contribution in [2.45, 2.75) is 51.1 Å². The standard InChI is InChI=1S/C22H27N/c1-22(2,3)23-21-19(16-17-10-6-4-7-11-17)14-15-20(21)18-12-8-5-9-13-18/h4-13,16,20-21,23H,14-15H2,1-3H3/b19-16+/t20-,21+/m0/s1. The fourth-order valence-corrected chi connectivity index (χ4v) is 3.55. The summed E-state index contributed by atoms with van der Waals surface area (Å²) in [6, 6.07) is 22.1. The average molecular weight is 305 g/mol. The van der Waals surface area contributed by atoms with E-state index in [2.05, 4.69) is 92.8 Å². The summed E-state index contributed by atoms with van der Waals surface area (Å²) in [4.78, 5) is 0. The highest BCUT2D eigenvalue weighted by atomic mass is 15.0. The molecule has 0 amide bonds. The van der Waals surface area contributed by atoms with E-state index in [1.807, 2.05) is 0 Å². The Labute approximate surface area is 140 Å². The van der Waals surface area contributed by atoms with Gasteiger partial charge in [0.1, 0.15) is 0 Å². The van der Waals surface area contributed by atoms with Crippen molar-refractivity contribution in [1.82, 2.24) is 5.32 Å². The molecule has 1 saturated carbocycles. The highest BCUT2D eigenvalue weighted by Gasteiger charge is 2.34. The molecule has 0 saturated heterocycles. The molecule has 2 aromatic carbocycles. The van der Waals surface area contributed by atoms with Gasteiger partial charge in [-0.25, -0.2) is 0 Å². The molecule has 1 nitrogen and oxygen atoms in total. The van der Waals surface area contributed by atoms with Gasteiger partial charge >= 0.3 is 0 Å². The lowest BCUT2D eigenvalue weighted by Gasteiger charge is -2.31. The van der Waals surface area contributed by atoms with Crippen molar-refractivity contribution in [3.8, 4) is 0 Å². The first kappa shape index (κ1) is 16.0. The predicted molar refractivity (Wildman–Crippen MR) is 99.5 cm³/mol. The van der Waals surface area contributed by atoms with Crippen LogP contribution < -0.4 is 5.32 Å². The van der Waals surface area contributed by atoms with Crippen LogP contribution in [0.25, 0.3) is 6.08 Å². The maximum Gasteiger partial charge on any atom is 0.0356 e. The summed E-state index contributed by atoms with van der Waals surface area (Å²) in [5.41, 5.74) is 4.39. The molecule has 120 valence electrons. The summed E-state index contributed by atoms with van der Waals surface area (Å²) in [6.45, 7) is 6.77. The lowest BCUT2D eigenvalue weighted by atomic mass is 9.90. The minimum atomic E-state index is 0.109. The third-order valence-corrected chi connectivity index (χ3v) is 4.51. The van der Waals surface area contributed by atoms with Crippen LogP contribution in [0.5, 0.6) is 0 Å². The lowest BCUT2D eigenvalue weighted by Crippen LogP contribution is -2.45. The fraction of sp³-hybridized carbons (Fsp3) is 0.364. The van der Waals surface area contributed by atoms with E-state index in [9.17, 15) is 0 Å². The molecule has 1 heteroatoms. The fourth-order valence-electron chi connectivity index (χ4n) is 3.55. The Morgan fingerprint density at radius 2 is 1.52 bits per heavy atom. The minimum Gasteiger partial charge on any atom is -0.305 e. The zero-order valence-electron chi connectivity index (χ0n) is 14.4. The Morgan fingerprint density at radius 1 is 0.913 bits per heavy atom. The van der Waals surface area contributed by atoms with E-state index in [0.29, 0.717) is 12.0 Å². The van der Waals surface area contributed by atoms with E-state index in [1.165, 1.54) is 29.5 Å². The van der Waals surface area contributed by atoms with E-state index in [-0.39, 0.29) is 5.54 Å². The molecule has 0 heterocycles. The molecular formula is C22H27N. The second-order valence-electron chi connectivity index (χ2n) is 7.56. The number of hydrogen-bond donors (Lipinski definition) is 1. The lowest BCUT2D eigenvalue weighted by molar-refractivity contribution is 0.367. The molecule has 1 N–H and O–H groups in total. The first-order chi connectivity index (χ1) is 11.0. The molecule has 0 radical (unpaired) electrons. The summed E-state index contributed by atoms with van der Waals surface area (Å²) < 4.78 is 0. The van der Waals surface area contributed by atoms with Crippen LogP contribution in [0.2, 0.25) is 0 Å². The van der Waals surface area contributed by atoms with Gasteiger partial charge in [-0.05, 0) is 44.7 Å². The number of rotatable bonds is 3. The zero-order chi connectivity index (χ0) is 16.3. The number of benzene rings is 2. The van der Waals surface area contributed by atoms with Crippen LogP contribution in [-0.4, -0.2) is 11.6 Å². The van der Waals surface area contributed by atoms with E-state index in [0.717, 1.165) is 0 Å². The van der Waals surface area contributed by atoms with E-state index in [4.69, 9.17) is 0 Å². The second-order valence-corrected chi connectivity index (χ2v) is 7.56. The van der Waals surface area contributed by atoms with E-state index in [1.54, 1.807) is 0 Å². The molecule has 0 aliphatic heterocycles. The van der Waals surface area contributed by atoms with Crippen molar-refractivity contribution in [1.29, 1.82) is 0 Å². The zero-order valence-corrected chi connectivity index (χ0v) is 14.4. The van der Waals surface area contributed by atoms with Crippen LogP contribution in [0.1, 0.15) is 50.7 Å². The number of hydrogen-bond acceptors (Lipinski definition) is 1. The summed E-state index contributed by atoms with van der Waals surface area (Å²) in [6.07, 6.45) is 4.77. The second kappa shape index (κ2) is 6.72. The topological polar surface area (TPSA) is 12.0 Å². The molecule has 2 aromatic rings. The molecule has 23 heavy (non-hydrogen) atoms. The van der Waals surface area contributed by atoms with Gasteiger partial charge in [0.15, 0.2) is 0 Å². The van der Waals surface area contributed by atoms with Crippen LogP contribution in [0.4, 0.5) is 0 Å². The van der Waals surface area contributed by atoms with Crippen molar-refractivity contribution >= 4 is 6.08 Å². The van der Waals surface area contributed by atoms with Gasteiger partial charge in [-0.3, -0.25) is 0 Å². The highest BCUT2D eigenvalue weighted by molar-refractivity contribution is 5.56. The normalized spacial score (nSPS) is 23.3.